The molecule has 2 unspecified atom stereocenters. The van der Waals surface area contributed by atoms with E-state index in [0.717, 1.165) is 19.3 Å². The molecule has 1 saturated carbocycles. The van der Waals surface area contributed by atoms with E-state index in [2.05, 4.69) is 34.4 Å². The Bertz CT molecular complexity index is 498. The monoisotopic (exact) mass is 294 g/mol. The van der Waals surface area contributed by atoms with Gasteiger partial charge in [-0.15, -0.1) is 0 Å². The fourth-order valence-electron chi connectivity index (χ4n) is 2.76. The van der Waals surface area contributed by atoms with Crippen LogP contribution in [0.25, 0.3) is 0 Å². The van der Waals surface area contributed by atoms with Crippen LogP contribution in [-0.2, 0) is 11.2 Å². The van der Waals surface area contributed by atoms with Crippen LogP contribution in [-0.4, -0.2) is 39.2 Å². The van der Waals surface area contributed by atoms with E-state index < -0.39 is 18.0 Å². The number of carbonyl (C=O) groups is 2. The van der Waals surface area contributed by atoms with Gasteiger partial charge in [0.25, 0.3) is 0 Å². The molecule has 1 aromatic heterocycles. The van der Waals surface area contributed by atoms with Crippen LogP contribution in [0.4, 0.5) is 4.79 Å². The summed E-state index contributed by atoms with van der Waals surface area (Å²) in [5.74, 6) is -1.06. The van der Waals surface area contributed by atoms with Gasteiger partial charge in [0.2, 0.25) is 0 Å². The van der Waals surface area contributed by atoms with Gasteiger partial charge >= 0.3 is 12.0 Å². The van der Waals surface area contributed by atoms with Crippen molar-refractivity contribution < 1.29 is 14.7 Å². The number of nitrogens with one attached hydrogen (secondary N) is 3. The number of H-pyrrole nitrogens is 1. The average Bonchev–Trinajstić information content (AvgIpc) is 2.98. The highest BCUT2D eigenvalue weighted by Gasteiger charge is 2.32. The second-order valence-electron chi connectivity index (χ2n) is 6.39. The number of amides is 2. The number of aliphatic carboxylic acids is 1. The fourth-order valence-corrected chi connectivity index (χ4v) is 2.76. The van der Waals surface area contributed by atoms with Gasteiger partial charge in [0.05, 0.1) is 6.33 Å². The third kappa shape index (κ3) is 4.47. The Labute approximate surface area is 123 Å². The van der Waals surface area contributed by atoms with Crippen LogP contribution in [0.1, 0.15) is 38.8 Å². The molecule has 1 aliphatic carbocycles. The van der Waals surface area contributed by atoms with Crippen LogP contribution in [0.3, 0.4) is 0 Å². The lowest BCUT2D eigenvalue weighted by molar-refractivity contribution is -0.139. The molecule has 7 heteroatoms. The highest BCUT2D eigenvalue weighted by atomic mass is 16.4. The summed E-state index contributed by atoms with van der Waals surface area (Å²) in [4.78, 5) is 29.8. The zero-order valence-corrected chi connectivity index (χ0v) is 12.3. The highest BCUT2D eigenvalue weighted by molar-refractivity contribution is 5.82. The number of imidazole rings is 1. The predicted octanol–water partition coefficient (Wildman–Crippen LogP) is 1.28. The summed E-state index contributed by atoms with van der Waals surface area (Å²) in [5.41, 5.74) is 0.907. The van der Waals surface area contributed by atoms with E-state index in [1.807, 2.05) is 0 Å². The summed E-state index contributed by atoms with van der Waals surface area (Å²) in [6.45, 7) is 4.34. The van der Waals surface area contributed by atoms with Crippen molar-refractivity contribution in [1.82, 2.24) is 20.6 Å². The number of carboxylic acid groups (broad SMARTS) is 1. The highest BCUT2D eigenvalue weighted by Crippen LogP contribution is 2.36. The number of carbonyl (C=O) groups excluding carboxylic acids is 1. The summed E-state index contributed by atoms with van der Waals surface area (Å²) in [7, 11) is 0. The average molecular weight is 294 g/mol. The molecule has 116 valence electrons. The van der Waals surface area contributed by atoms with Crippen LogP contribution in [0, 0.1) is 5.41 Å². The van der Waals surface area contributed by atoms with Gasteiger partial charge in [0.1, 0.15) is 6.04 Å². The zero-order chi connectivity index (χ0) is 15.5. The number of hydrogen-bond donors (Lipinski definition) is 4. The van der Waals surface area contributed by atoms with E-state index in [1.54, 1.807) is 6.20 Å². The summed E-state index contributed by atoms with van der Waals surface area (Å²) in [5, 5.41) is 14.6. The minimum Gasteiger partial charge on any atom is -0.480 e. The first-order chi connectivity index (χ1) is 9.85. The van der Waals surface area contributed by atoms with Crippen molar-refractivity contribution >= 4 is 12.0 Å². The first-order valence-corrected chi connectivity index (χ1v) is 7.13. The van der Waals surface area contributed by atoms with Gasteiger partial charge in [-0.25, -0.2) is 14.6 Å². The molecular weight excluding hydrogens is 272 g/mol. The summed E-state index contributed by atoms with van der Waals surface area (Å²) in [6, 6.07) is -1.29. The molecule has 1 aliphatic rings. The molecule has 21 heavy (non-hydrogen) atoms. The Hall–Kier alpha value is -2.05. The van der Waals surface area contributed by atoms with Crippen molar-refractivity contribution in [2.45, 2.75) is 51.6 Å². The first-order valence-electron chi connectivity index (χ1n) is 7.13. The fraction of sp³-hybridized carbons (Fsp3) is 0.643. The normalized spacial score (nSPS) is 21.7. The van der Waals surface area contributed by atoms with Crippen molar-refractivity contribution in [2.75, 3.05) is 0 Å². The summed E-state index contributed by atoms with van der Waals surface area (Å²) < 4.78 is 0. The van der Waals surface area contributed by atoms with Crippen LogP contribution >= 0.6 is 0 Å². The Morgan fingerprint density at radius 1 is 1.57 bits per heavy atom. The van der Waals surface area contributed by atoms with E-state index in [-0.39, 0.29) is 17.9 Å². The van der Waals surface area contributed by atoms with Crippen LogP contribution in [0.5, 0.6) is 0 Å². The van der Waals surface area contributed by atoms with Gasteiger partial charge in [0, 0.05) is 24.4 Å². The van der Waals surface area contributed by atoms with Gasteiger partial charge < -0.3 is 20.7 Å². The maximum absolute atomic E-state index is 11.9. The molecule has 2 atom stereocenters. The number of carboxylic acids is 1. The lowest BCUT2D eigenvalue weighted by Gasteiger charge is -2.19. The molecule has 1 fully saturated rings. The lowest BCUT2D eigenvalue weighted by Crippen LogP contribution is -2.49. The molecule has 4 N–H and O–H groups in total. The standard InChI is InChI=1S/C14H22N4O3/c1-14(2)4-3-9(6-14)17-13(21)18-11(12(19)20)5-10-7-15-8-16-10/h7-9,11H,3-6H2,1-2H3,(H,15,16)(H,19,20)(H2,17,18,21). The number of nitrogens with zero attached hydrogens (tertiary/aromatic N) is 1. The van der Waals surface area contributed by atoms with E-state index in [9.17, 15) is 14.7 Å². The van der Waals surface area contributed by atoms with Crippen LogP contribution < -0.4 is 10.6 Å². The van der Waals surface area contributed by atoms with E-state index in [4.69, 9.17) is 0 Å². The molecule has 0 radical (unpaired) electrons. The Balaban J connectivity index is 1.85. The maximum atomic E-state index is 11.9. The van der Waals surface area contributed by atoms with Crippen molar-refractivity contribution in [3.05, 3.63) is 18.2 Å². The number of aromatic amines is 1. The van der Waals surface area contributed by atoms with Crippen molar-refractivity contribution in [3.8, 4) is 0 Å². The molecule has 1 aromatic rings. The third-order valence-electron chi connectivity index (χ3n) is 3.89. The second-order valence-corrected chi connectivity index (χ2v) is 6.39. The minimum absolute atomic E-state index is 0.113. The third-order valence-corrected chi connectivity index (χ3v) is 3.89. The minimum atomic E-state index is -1.06. The molecule has 0 spiro atoms. The van der Waals surface area contributed by atoms with Crippen LogP contribution in [0.15, 0.2) is 12.5 Å². The van der Waals surface area contributed by atoms with Crippen molar-refractivity contribution in [3.63, 3.8) is 0 Å². The molecule has 2 amide bonds. The molecule has 0 bridgehead atoms. The van der Waals surface area contributed by atoms with Crippen molar-refractivity contribution in [2.24, 2.45) is 5.41 Å². The van der Waals surface area contributed by atoms with Crippen LogP contribution in [0.2, 0.25) is 0 Å². The zero-order valence-electron chi connectivity index (χ0n) is 12.3. The number of urea groups is 1. The quantitative estimate of drug-likeness (QED) is 0.656. The summed E-state index contributed by atoms with van der Waals surface area (Å²) >= 11 is 0. The second kappa shape index (κ2) is 6.15. The van der Waals surface area contributed by atoms with Gasteiger partial charge in [-0.3, -0.25) is 0 Å². The SMILES string of the molecule is CC1(C)CCC(NC(=O)NC(Cc2cnc[nH]2)C(=O)O)C1. The lowest BCUT2D eigenvalue weighted by atomic mass is 9.92. The van der Waals surface area contributed by atoms with Gasteiger partial charge in [-0.05, 0) is 24.7 Å². The van der Waals surface area contributed by atoms with Gasteiger partial charge in [-0.2, -0.15) is 0 Å². The molecular formula is C14H22N4O3. The van der Waals surface area contributed by atoms with Gasteiger partial charge in [-0.1, -0.05) is 13.8 Å². The molecule has 0 saturated heterocycles. The van der Waals surface area contributed by atoms with E-state index in [0.29, 0.717) is 5.69 Å². The topological polar surface area (TPSA) is 107 Å². The Morgan fingerprint density at radius 2 is 2.33 bits per heavy atom. The Morgan fingerprint density at radius 3 is 2.86 bits per heavy atom. The number of aromatic nitrogens is 2. The smallest absolute Gasteiger partial charge is 0.326 e. The maximum Gasteiger partial charge on any atom is 0.326 e. The molecule has 0 aromatic carbocycles. The first kappa shape index (κ1) is 15.3. The number of hydrogen-bond acceptors (Lipinski definition) is 3. The predicted molar refractivity (Wildman–Crippen MR) is 76.8 cm³/mol. The molecule has 7 nitrogen and oxygen atoms in total. The van der Waals surface area contributed by atoms with E-state index >= 15 is 0 Å². The van der Waals surface area contributed by atoms with Gasteiger partial charge in [0.15, 0.2) is 0 Å². The summed E-state index contributed by atoms with van der Waals surface area (Å²) in [6.07, 6.45) is 6.12. The van der Waals surface area contributed by atoms with Crippen molar-refractivity contribution in [1.29, 1.82) is 0 Å². The largest absolute Gasteiger partial charge is 0.480 e. The van der Waals surface area contributed by atoms with E-state index in [1.165, 1.54) is 6.33 Å². The molecule has 1 heterocycles. The molecule has 0 aliphatic heterocycles. The number of rotatable bonds is 5. The Kier molecular flexibility index (Phi) is 4.50. The molecule has 2 rings (SSSR count).